The number of urea groups is 1. The van der Waals surface area contributed by atoms with Gasteiger partial charge in [-0.25, -0.2) is 4.79 Å². The molecule has 1 aliphatic rings. The van der Waals surface area contributed by atoms with E-state index < -0.39 is 0 Å². The largest absolute Gasteiger partial charge is 0.378 e. The molecule has 0 saturated carbocycles. The van der Waals surface area contributed by atoms with Crippen molar-refractivity contribution in [3.05, 3.63) is 29.8 Å². The fourth-order valence-corrected chi connectivity index (χ4v) is 2.91. The molecule has 1 saturated heterocycles. The molecule has 1 N–H and O–H groups in total. The normalized spacial score (nSPS) is 17.7. The van der Waals surface area contributed by atoms with Crippen LogP contribution in [0, 0.1) is 0 Å². The Morgan fingerprint density at radius 2 is 2.08 bits per heavy atom. The summed E-state index contributed by atoms with van der Waals surface area (Å²) in [5, 5.41) is 2.91. The molecule has 1 aromatic rings. The molecule has 25 heavy (non-hydrogen) atoms. The first-order chi connectivity index (χ1) is 12.0. The number of rotatable bonds is 5. The summed E-state index contributed by atoms with van der Waals surface area (Å²) in [7, 11) is 3.42. The van der Waals surface area contributed by atoms with E-state index in [2.05, 4.69) is 12.2 Å². The number of benzene rings is 1. The number of amides is 3. The Balaban J connectivity index is 1.93. The second-order valence-electron chi connectivity index (χ2n) is 6.62. The van der Waals surface area contributed by atoms with E-state index in [1.165, 1.54) is 4.90 Å². The quantitative estimate of drug-likeness (QED) is 0.890. The Hall–Kier alpha value is -2.08. The Labute approximate surface area is 150 Å². The molecule has 138 valence electrons. The Kier molecular flexibility index (Phi) is 7.25. The monoisotopic (exact) mass is 347 g/mol. The zero-order valence-electron chi connectivity index (χ0n) is 15.5. The number of likely N-dealkylation sites (tertiary alicyclic amines) is 1. The van der Waals surface area contributed by atoms with Gasteiger partial charge in [-0.15, -0.1) is 0 Å². The van der Waals surface area contributed by atoms with Crippen molar-refractivity contribution >= 4 is 17.6 Å². The lowest BCUT2D eigenvalue weighted by molar-refractivity contribution is 0.0446. The van der Waals surface area contributed by atoms with Gasteiger partial charge in [0.25, 0.3) is 5.91 Å². The Morgan fingerprint density at radius 1 is 1.28 bits per heavy atom. The minimum absolute atomic E-state index is 0.0817. The van der Waals surface area contributed by atoms with E-state index >= 15 is 0 Å². The summed E-state index contributed by atoms with van der Waals surface area (Å²) < 4.78 is 5.82. The molecule has 2 rings (SSSR count). The lowest BCUT2D eigenvalue weighted by Gasteiger charge is -2.21. The number of ether oxygens (including phenoxy) is 1. The highest BCUT2D eigenvalue weighted by molar-refractivity contribution is 5.96. The third kappa shape index (κ3) is 5.74. The fourth-order valence-electron chi connectivity index (χ4n) is 2.91. The molecule has 6 nitrogen and oxygen atoms in total. The van der Waals surface area contributed by atoms with Crippen molar-refractivity contribution in [3.8, 4) is 0 Å². The van der Waals surface area contributed by atoms with Gasteiger partial charge in [0.05, 0.1) is 6.10 Å². The molecule has 1 heterocycles. The number of anilines is 1. The predicted molar refractivity (Wildman–Crippen MR) is 98.9 cm³/mol. The van der Waals surface area contributed by atoms with E-state index in [1.807, 2.05) is 4.90 Å². The molecular formula is C19H29N3O3. The van der Waals surface area contributed by atoms with Crippen LogP contribution in [-0.4, -0.2) is 61.6 Å². The zero-order chi connectivity index (χ0) is 18.2. The van der Waals surface area contributed by atoms with Gasteiger partial charge in [0.15, 0.2) is 0 Å². The molecule has 1 unspecified atom stereocenters. The number of nitrogens with one attached hydrogen (secondary N) is 1. The van der Waals surface area contributed by atoms with Gasteiger partial charge in [-0.2, -0.15) is 0 Å². The number of hydrogen-bond donors (Lipinski definition) is 1. The standard InChI is InChI=1S/C19H29N3O3/c1-4-13-25-17-9-6-11-22(12-10-17)19(24)20-16-8-5-7-15(14-16)18(23)21(2)3/h5,7-8,14,17H,4,6,9-13H2,1-3H3,(H,20,24). The third-order valence-electron chi connectivity index (χ3n) is 4.29. The number of hydrogen-bond acceptors (Lipinski definition) is 3. The SMILES string of the molecule is CCCOC1CCCN(C(=O)Nc2cccc(C(=O)N(C)C)c2)CC1. The Morgan fingerprint density at radius 3 is 2.80 bits per heavy atom. The third-order valence-corrected chi connectivity index (χ3v) is 4.29. The van der Waals surface area contributed by atoms with Crippen LogP contribution in [0.15, 0.2) is 24.3 Å². The number of carbonyl (C=O) groups is 2. The van der Waals surface area contributed by atoms with Gasteiger partial charge < -0.3 is 19.9 Å². The number of nitrogens with zero attached hydrogens (tertiary/aromatic N) is 2. The van der Waals surface area contributed by atoms with Crippen molar-refractivity contribution in [3.63, 3.8) is 0 Å². The molecule has 0 aliphatic carbocycles. The van der Waals surface area contributed by atoms with Crippen LogP contribution >= 0.6 is 0 Å². The van der Waals surface area contributed by atoms with Gasteiger partial charge in [-0.05, 0) is 43.9 Å². The van der Waals surface area contributed by atoms with Crippen LogP contribution in [0.3, 0.4) is 0 Å². The summed E-state index contributed by atoms with van der Waals surface area (Å²) in [5.74, 6) is -0.0817. The van der Waals surface area contributed by atoms with Crippen molar-refractivity contribution in [1.82, 2.24) is 9.80 Å². The summed E-state index contributed by atoms with van der Waals surface area (Å²) in [4.78, 5) is 27.9. The van der Waals surface area contributed by atoms with Crippen LogP contribution in [-0.2, 0) is 4.74 Å². The minimum atomic E-state index is -0.120. The molecule has 1 fully saturated rings. The molecule has 0 bridgehead atoms. The van der Waals surface area contributed by atoms with Crippen molar-refractivity contribution in [1.29, 1.82) is 0 Å². The van der Waals surface area contributed by atoms with Crippen molar-refractivity contribution in [2.45, 2.75) is 38.7 Å². The average molecular weight is 347 g/mol. The van der Waals surface area contributed by atoms with Crippen LogP contribution in [0.2, 0.25) is 0 Å². The summed E-state index contributed by atoms with van der Waals surface area (Å²) in [6.07, 6.45) is 4.08. The van der Waals surface area contributed by atoms with Crippen LogP contribution in [0.4, 0.5) is 10.5 Å². The maximum absolute atomic E-state index is 12.5. The highest BCUT2D eigenvalue weighted by Gasteiger charge is 2.21. The fraction of sp³-hybridized carbons (Fsp3) is 0.579. The van der Waals surface area contributed by atoms with Gasteiger partial charge in [0.1, 0.15) is 0 Å². The van der Waals surface area contributed by atoms with Gasteiger partial charge in [-0.3, -0.25) is 4.79 Å². The van der Waals surface area contributed by atoms with E-state index in [0.29, 0.717) is 17.8 Å². The van der Waals surface area contributed by atoms with Gasteiger partial charge in [0.2, 0.25) is 0 Å². The molecular weight excluding hydrogens is 318 g/mol. The maximum Gasteiger partial charge on any atom is 0.321 e. The zero-order valence-corrected chi connectivity index (χ0v) is 15.5. The summed E-state index contributed by atoms with van der Waals surface area (Å²) in [6.45, 7) is 4.31. The lowest BCUT2D eigenvalue weighted by atomic mass is 10.2. The van der Waals surface area contributed by atoms with Crippen molar-refractivity contribution in [2.75, 3.05) is 39.1 Å². The molecule has 1 atom stereocenters. The van der Waals surface area contributed by atoms with Gasteiger partial charge >= 0.3 is 6.03 Å². The van der Waals surface area contributed by atoms with E-state index in [0.717, 1.165) is 38.8 Å². The Bertz CT molecular complexity index is 589. The highest BCUT2D eigenvalue weighted by Crippen LogP contribution is 2.17. The van der Waals surface area contributed by atoms with Gasteiger partial charge in [-0.1, -0.05) is 13.0 Å². The van der Waals surface area contributed by atoms with Crippen LogP contribution in [0.5, 0.6) is 0 Å². The molecule has 1 aromatic carbocycles. The van der Waals surface area contributed by atoms with E-state index in [1.54, 1.807) is 38.4 Å². The lowest BCUT2D eigenvalue weighted by Crippen LogP contribution is -2.36. The summed E-state index contributed by atoms with van der Waals surface area (Å²) in [5.41, 5.74) is 1.20. The summed E-state index contributed by atoms with van der Waals surface area (Å²) in [6, 6.07) is 6.93. The first kappa shape index (κ1) is 19.2. The molecule has 3 amide bonds. The molecule has 0 aromatic heterocycles. The van der Waals surface area contributed by atoms with E-state index in [9.17, 15) is 9.59 Å². The smallest absolute Gasteiger partial charge is 0.321 e. The first-order valence-corrected chi connectivity index (χ1v) is 9.00. The van der Waals surface area contributed by atoms with E-state index in [4.69, 9.17) is 4.74 Å². The highest BCUT2D eigenvalue weighted by atomic mass is 16.5. The minimum Gasteiger partial charge on any atom is -0.378 e. The molecule has 0 spiro atoms. The summed E-state index contributed by atoms with van der Waals surface area (Å²) >= 11 is 0. The first-order valence-electron chi connectivity index (χ1n) is 9.00. The van der Waals surface area contributed by atoms with E-state index in [-0.39, 0.29) is 18.0 Å². The maximum atomic E-state index is 12.5. The second-order valence-corrected chi connectivity index (χ2v) is 6.62. The second kappa shape index (κ2) is 9.42. The molecule has 1 aliphatic heterocycles. The van der Waals surface area contributed by atoms with Crippen LogP contribution in [0.1, 0.15) is 43.0 Å². The average Bonchev–Trinajstić information content (AvgIpc) is 2.85. The number of carbonyl (C=O) groups excluding carboxylic acids is 2. The van der Waals surface area contributed by atoms with Crippen molar-refractivity contribution < 1.29 is 14.3 Å². The van der Waals surface area contributed by atoms with Gasteiger partial charge in [0, 0.05) is 45.0 Å². The topological polar surface area (TPSA) is 61.9 Å². The molecule has 6 heteroatoms. The van der Waals surface area contributed by atoms with Crippen molar-refractivity contribution in [2.24, 2.45) is 0 Å². The van der Waals surface area contributed by atoms with Crippen LogP contribution in [0.25, 0.3) is 0 Å². The molecule has 0 radical (unpaired) electrons. The predicted octanol–water partition coefficient (Wildman–Crippen LogP) is 3.20. The van der Waals surface area contributed by atoms with Crippen LogP contribution < -0.4 is 5.32 Å².